The van der Waals surface area contributed by atoms with Crippen molar-refractivity contribution in [3.05, 3.63) is 17.5 Å². The molecule has 0 saturated carbocycles. The van der Waals surface area contributed by atoms with Gasteiger partial charge in [0.15, 0.2) is 0 Å². The van der Waals surface area contributed by atoms with Crippen molar-refractivity contribution < 1.29 is 0 Å². The highest BCUT2D eigenvalue weighted by Crippen LogP contribution is 1.95. The predicted octanol–water partition coefficient (Wildman–Crippen LogP) is 2.10. The SMILES string of the molecule is IC#Cc1nc(C#CI)nc(C#CI)n1. The summed E-state index contributed by atoms with van der Waals surface area (Å²) in [5.74, 6) is 9.39. The molecule has 72 valence electrons. The topological polar surface area (TPSA) is 38.7 Å². The van der Waals surface area contributed by atoms with Gasteiger partial charge in [-0.1, -0.05) is 0 Å². The Morgan fingerprint density at radius 3 is 1.07 bits per heavy atom. The number of nitrogens with zero attached hydrogens (tertiary/aromatic N) is 3. The molecule has 0 atom stereocenters. The normalized spacial score (nSPS) is 7.40. The lowest BCUT2D eigenvalue weighted by molar-refractivity contribution is 0.978. The molecule has 15 heavy (non-hydrogen) atoms. The van der Waals surface area contributed by atoms with E-state index in [4.69, 9.17) is 0 Å². The smallest absolute Gasteiger partial charge is 0.192 e. The highest BCUT2D eigenvalue weighted by Gasteiger charge is 2.00. The van der Waals surface area contributed by atoms with Crippen molar-refractivity contribution in [3.63, 3.8) is 0 Å². The first-order valence-electron chi connectivity index (χ1n) is 3.41. The molecule has 0 bridgehead atoms. The van der Waals surface area contributed by atoms with Crippen LogP contribution in [0.5, 0.6) is 0 Å². The molecule has 0 unspecified atom stereocenters. The van der Waals surface area contributed by atoms with Crippen LogP contribution in [0.4, 0.5) is 0 Å². The molecule has 6 heteroatoms. The Kier molecular flexibility index (Phi) is 6.22. The lowest BCUT2D eigenvalue weighted by Gasteiger charge is -1.92. The standard InChI is InChI=1S/C9I3N3/c10-4-1-7-13-8(2-5-11)15-9(14-7)3-6-12. The summed E-state index contributed by atoms with van der Waals surface area (Å²) in [4.78, 5) is 12.1. The molecule has 0 N–H and O–H groups in total. The van der Waals surface area contributed by atoms with Crippen LogP contribution in [0.1, 0.15) is 17.5 Å². The van der Waals surface area contributed by atoms with Gasteiger partial charge in [0.25, 0.3) is 0 Å². The quantitative estimate of drug-likeness (QED) is 0.381. The highest BCUT2D eigenvalue weighted by molar-refractivity contribution is 14.1. The second kappa shape index (κ2) is 7.20. The van der Waals surface area contributed by atoms with Crippen molar-refractivity contribution in [2.45, 2.75) is 0 Å². The summed E-state index contributed by atoms with van der Waals surface area (Å²) in [5, 5.41) is 0. The maximum absolute atomic E-state index is 4.05. The second-order valence-electron chi connectivity index (χ2n) is 1.96. The fourth-order valence-corrected chi connectivity index (χ4v) is 1.39. The van der Waals surface area contributed by atoms with E-state index in [0.29, 0.717) is 17.5 Å². The molecule has 0 radical (unpaired) electrons. The Bertz CT molecular complexity index is 456. The van der Waals surface area contributed by atoms with Crippen LogP contribution in [0.15, 0.2) is 0 Å². The third-order valence-electron chi connectivity index (χ3n) is 1.11. The van der Waals surface area contributed by atoms with Crippen LogP contribution in [-0.2, 0) is 0 Å². The third kappa shape index (κ3) is 4.49. The van der Waals surface area contributed by atoms with Gasteiger partial charge >= 0.3 is 0 Å². The van der Waals surface area contributed by atoms with E-state index in [0.717, 1.165) is 0 Å². The van der Waals surface area contributed by atoms with E-state index >= 15 is 0 Å². The maximum Gasteiger partial charge on any atom is 0.210 e. The van der Waals surface area contributed by atoms with Crippen molar-refractivity contribution in [1.29, 1.82) is 0 Å². The number of aromatic nitrogens is 3. The lowest BCUT2D eigenvalue weighted by atomic mass is 10.5. The van der Waals surface area contributed by atoms with E-state index in [1.165, 1.54) is 0 Å². The summed E-state index contributed by atoms with van der Waals surface area (Å²) in [5.41, 5.74) is 0. The molecule has 1 aromatic rings. The molecule has 0 aliphatic rings. The summed E-state index contributed by atoms with van der Waals surface area (Å²) < 4.78 is 8.07. The van der Waals surface area contributed by atoms with Crippen LogP contribution in [0.25, 0.3) is 0 Å². The molecule has 0 aliphatic carbocycles. The molecular weight excluding hydrogens is 531 g/mol. The van der Waals surface area contributed by atoms with Crippen LogP contribution in [-0.4, -0.2) is 15.0 Å². The van der Waals surface area contributed by atoms with E-state index < -0.39 is 0 Å². The van der Waals surface area contributed by atoms with Gasteiger partial charge in [0, 0.05) is 67.8 Å². The van der Waals surface area contributed by atoms with Gasteiger partial charge in [0.2, 0.25) is 17.5 Å². The molecule has 1 heterocycles. The van der Waals surface area contributed by atoms with Crippen LogP contribution in [0, 0.1) is 29.5 Å². The Hall–Kier alpha value is -0.120. The van der Waals surface area contributed by atoms with Gasteiger partial charge in [-0.05, 0) is 29.5 Å². The summed E-state index contributed by atoms with van der Waals surface area (Å²) in [6, 6.07) is 0. The number of hydrogen-bond donors (Lipinski definition) is 0. The Labute approximate surface area is 128 Å². The molecule has 3 nitrogen and oxygen atoms in total. The van der Waals surface area contributed by atoms with E-state index in [9.17, 15) is 0 Å². The van der Waals surface area contributed by atoms with Crippen molar-refractivity contribution in [2.24, 2.45) is 0 Å². The minimum absolute atomic E-state index is 0.391. The van der Waals surface area contributed by atoms with Gasteiger partial charge in [-0.2, -0.15) is 15.0 Å². The van der Waals surface area contributed by atoms with Gasteiger partial charge in [0.1, 0.15) is 0 Å². The first-order valence-corrected chi connectivity index (χ1v) is 6.64. The zero-order valence-electron chi connectivity index (χ0n) is 6.98. The zero-order valence-corrected chi connectivity index (χ0v) is 13.4. The Morgan fingerprint density at radius 1 is 0.600 bits per heavy atom. The maximum atomic E-state index is 4.05. The van der Waals surface area contributed by atoms with Crippen LogP contribution >= 0.6 is 67.8 Å². The summed E-state index contributed by atoms with van der Waals surface area (Å²) >= 11 is 5.76. The minimum Gasteiger partial charge on any atom is -0.192 e. The summed E-state index contributed by atoms with van der Waals surface area (Å²) in [6.45, 7) is 0. The molecule has 0 aliphatic heterocycles. The predicted molar refractivity (Wildman–Crippen MR) is 82.5 cm³/mol. The monoisotopic (exact) mass is 531 g/mol. The lowest BCUT2D eigenvalue weighted by Crippen LogP contribution is -2.00. The average Bonchev–Trinajstić information content (AvgIpc) is 2.19. The largest absolute Gasteiger partial charge is 0.210 e. The van der Waals surface area contributed by atoms with Crippen LogP contribution in [0.2, 0.25) is 0 Å². The van der Waals surface area contributed by atoms with E-state index in [2.05, 4.69) is 44.5 Å². The fourth-order valence-electron chi connectivity index (χ4n) is 0.670. The zero-order chi connectivity index (χ0) is 11.1. The third-order valence-corrected chi connectivity index (χ3v) is 1.92. The molecule has 0 spiro atoms. The van der Waals surface area contributed by atoms with Gasteiger partial charge in [-0.25, -0.2) is 0 Å². The Morgan fingerprint density at radius 2 is 0.867 bits per heavy atom. The molecule has 0 saturated heterocycles. The number of rotatable bonds is 0. The van der Waals surface area contributed by atoms with Gasteiger partial charge in [-0.15, -0.1) is 0 Å². The summed E-state index contributed by atoms with van der Waals surface area (Å²) in [7, 11) is 0. The molecular formula is C9I3N3. The van der Waals surface area contributed by atoms with Crippen molar-refractivity contribution in [1.82, 2.24) is 15.0 Å². The fraction of sp³-hybridized carbons (Fsp3) is 0. The van der Waals surface area contributed by atoms with Crippen LogP contribution in [0.3, 0.4) is 0 Å². The van der Waals surface area contributed by atoms with Gasteiger partial charge in [0.05, 0.1) is 0 Å². The number of halogens is 3. The molecule has 1 rings (SSSR count). The van der Waals surface area contributed by atoms with Gasteiger partial charge in [-0.3, -0.25) is 0 Å². The molecule has 0 fully saturated rings. The van der Waals surface area contributed by atoms with E-state index in [-0.39, 0.29) is 0 Å². The second-order valence-corrected chi connectivity index (χ2v) is 3.58. The molecule has 1 aromatic heterocycles. The Balaban J connectivity index is 3.31. The van der Waals surface area contributed by atoms with Crippen molar-refractivity contribution in [3.8, 4) is 29.5 Å². The molecule has 0 amide bonds. The first-order chi connectivity index (χ1) is 7.30. The van der Waals surface area contributed by atoms with Crippen molar-refractivity contribution >= 4 is 67.8 Å². The van der Waals surface area contributed by atoms with E-state index in [1.54, 1.807) is 0 Å². The average molecular weight is 531 g/mol. The van der Waals surface area contributed by atoms with Crippen molar-refractivity contribution in [2.75, 3.05) is 0 Å². The van der Waals surface area contributed by atoms with E-state index in [1.807, 2.05) is 67.8 Å². The minimum atomic E-state index is 0.391. The molecule has 0 aromatic carbocycles. The van der Waals surface area contributed by atoms with Gasteiger partial charge < -0.3 is 0 Å². The highest BCUT2D eigenvalue weighted by atomic mass is 127. The summed E-state index contributed by atoms with van der Waals surface area (Å²) in [6.07, 6.45) is 0. The van der Waals surface area contributed by atoms with Crippen LogP contribution < -0.4 is 0 Å². The first kappa shape index (κ1) is 12.9. The number of hydrogen-bond acceptors (Lipinski definition) is 3.